The molecule has 0 fully saturated rings. The average molecular weight is 472 g/mol. The molecule has 0 radical (unpaired) electrons. The number of pyridine rings is 1. The number of ether oxygens (including phenoxy) is 2. The summed E-state index contributed by atoms with van der Waals surface area (Å²) in [7, 11) is 0. The van der Waals surface area contributed by atoms with E-state index in [0.717, 1.165) is 16.5 Å². The van der Waals surface area contributed by atoms with Crippen LogP contribution in [-0.4, -0.2) is 40.3 Å². The van der Waals surface area contributed by atoms with Gasteiger partial charge in [-0.25, -0.2) is 9.78 Å². The SMILES string of the molecule is O=C(Cc1ccc(Oc2ccc3cc(OCCCO)ccc3c2)nc1)Nc1ccccc1C(=O)O. The lowest BCUT2D eigenvalue weighted by Gasteiger charge is -2.10. The van der Waals surface area contributed by atoms with Crippen LogP contribution in [0.3, 0.4) is 0 Å². The molecule has 0 saturated heterocycles. The van der Waals surface area contributed by atoms with Crippen LogP contribution in [0.2, 0.25) is 0 Å². The van der Waals surface area contributed by atoms with Crippen molar-refractivity contribution in [2.75, 3.05) is 18.5 Å². The first-order valence-electron chi connectivity index (χ1n) is 11.0. The molecule has 3 N–H and O–H groups in total. The standard InChI is InChI=1S/C27H24N2O6/c30-12-3-13-34-21-9-7-20-16-22(10-8-19(20)15-21)35-26-11-6-18(17-28-26)14-25(31)29-24-5-2-1-4-23(24)27(32)33/h1-2,4-11,15-17,30H,3,12-14H2,(H,29,31)(H,32,33). The van der Waals surface area contributed by atoms with Gasteiger partial charge in [0.25, 0.3) is 0 Å². The molecule has 0 aliphatic heterocycles. The molecule has 178 valence electrons. The number of carboxylic acid groups (broad SMARTS) is 1. The Bertz CT molecular complexity index is 1340. The van der Waals surface area contributed by atoms with Crippen molar-refractivity contribution in [3.63, 3.8) is 0 Å². The molecule has 4 aromatic rings. The number of nitrogens with one attached hydrogen (secondary N) is 1. The van der Waals surface area contributed by atoms with Crippen LogP contribution in [0.1, 0.15) is 22.3 Å². The first-order chi connectivity index (χ1) is 17.0. The van der Waals surface area contributed by atoms with Crippen molar-refractivity contribution in [2.24, 2.45) is 0 Å². The van der Waals surface area contributed by atoms with E-state index in [4.69, 9.17) is 14.6 Å². The minimum atomic E-state index is -1.11. The third kappa shape index (κ3) is 6.33. The van der Waals surface area contributed by atoms with Crippen LogP contribution in [-0.2, 0) is 11.2 Å². The lowest BCUT2D eigenvalue weighted by atomic mass is 10.1. The van der Waals surface area contributed by atoms with Gasteiger partial charge < -0.3 is 25.0 Å². The maximum Gasteiger partial charge on any atom is 0.337 e. The number of hydrogen-bond acceptors (Lipinski definition) is 6. The van der Waals surface area contributed by atoms with Gasteiger partial charge in [-0.15, -0.1) is 0 Å². The maximum absolute atomic E-state index is 12.4. The largest absolute Gasteiger partial charge is 0.493 e. The van der Waals surface area contributed by atoms with Crippen LogP contribution >= 0.6 is 0 Å². The van der Waals surface area contributed by atoms with Crippen LogP contribution in [0.15, 0.2) is 79.0 Å². The average Bonchev–Trinajstić information content (AvgIpc) is 2.85. The van der Waals surface area contributed by atoms with Crippen LogP contribution in [0.5, 0.6) is 17.4 Å². The molecular formula is C27H24N2O6. The quantitative estimate of drug-likeness (QED) is 0.287. The predicted molar refractivity (Wildman–Crippen MR) is 131 cm³/mol. The van der Waals surface area contributed by atoms with Crippen molar-refractivity contribution < 1.29 is 29.3 Å². The Morgan fingerprint density at radius 2 is 1.66 bits per heavy atom. The molecule has 1 amide bonds. The second kappa shape index (κ2) is 11.1. The molecule has 0 unspecified atom stereocenters. The summed E-state index contributed by atoms with van der Waals surface area (Å²) in [5.41, 5.74) is 0.941. The van der Waals surface area contributed by atoms with Crippen molar-refractivity contribution in [1.82, 2.24) is 4.98 Å². The number of amides is 1. The maximum atomic E-state index is 12.4. The Kier molecular flexibility index (Phi) is 7.54. The van der Waals surface area contributed by atoms with E-state index in [-0.39, 0.29) is 30.2 Å². The molecule has 0 aliphatic carbocycles. The fourth-order valence-corrected chi connectivity index (χ4v) is 3.46. The molecule has 3 aromatic carbocycles. The number of aromatic nitrogens is 1. The summed E-state index contributed by atoms with van der Waals surface area (Å²) in [5, 5.41) is 22.7. The van der Waals surface area contributed by atoms with Crippen molar-refractivity contribution in [1.29, 1.82) is 0 Å². The minimum absolute atomic E-state index is 0.0311. The Hall–Kier alpha value is -4.43. The normalized spacial score (nSPS) is 10.7. The Labute approximate surface area is 201 Å². The Balaban J connectivity index is 1.37. The fourth-order valence-electron chi connectivity index (χ4n) is 3.46. The van der Waals surface area contributed by atoms with Crippen molar-refractivity contribution in [3.05, 3.63) is 90.1 Å². The number of para-hydroxylation sites is 1. The van der Waals surface area contributed by atoms with E-state index >= 15 is 0 Å². The van der Waals surface area contributed by atoms with E-state index in [9.17, 15) is 14.7 Å². The molecule has 4 rings (SSSR count). The lowest BCUT2D eigenvalue weighted by molar-refractivity contribution is -0.115. The van der Waals surface area contributed by atoms with Gasteiger partial charge in [0.05, 0.1) is 24.3 Å². The van der Waals surface area contributed by atoms with Gasteiger partial charge in [-0.1, -0.05) is 30.3 Å². The highest BCUT2D eigenvalue weighted by atomic mass is 16.5. The zero-order valence-corrected chi connectivity index (χ0v) is 18.8. The third-order valence-corrected chi connectivity index (χ3v) is 5.17. The van der Waals surface area contributed by atoms with Gasteiger partial charge in [0.15, 0.2) is 0 Å². The van der Waals surface area contributed by atoms with E-state index in [1.807, 2.05) is 36.4 Å². The van der Waals surface area contributed by atoms with E-state index in [1.165, 1.54) is 6.07 Å². The molecule has 8 heteroatoms. The monoisotopic (exact) mass is 472 g/mol. The van der Waals surface area contributed by atoms with Gasteiger partial charge >= 0.3 is 5.97 Å². The van der Waals surface area contributed by atoms with Gasteiger partial charge in [-0.05, 0) is 52.7 Å². The fraction of sp³-hybridized carbons (Fsp3) is 0.148. The van der Waals surface area contributed by atoms with Crippen LogP contribution in [0.4, 0.5) is 5.69 Å². The number of nitrogens with zero attached hydrogens (tertiary/aromatic N) is 1. The summed E-state index contributed by atoms with van der Waals surface area (Å²) >= 11 is 0. The molecule has 0 saturated carbocycles. The molecule has 0 aliphatic rings. The topological polar surface area (TPSA) is 118 Å². The summed E-state index contributed by atoms with van der Waals surface area (Å²) in [4.78, 5) is 27.9. The van der Waals surface area contributed by atoms with Crippen molar-refractivity contribution in [2.45, 2.75) is 12.8 Å². The number of carbonyl (C=O) groups is 2. The molecule has 0 bridgehead atoms. The van der Waals surface area contributed by atoms with E-state index in [0.29, 0.717) is 30.2 Å². The number of anilines is 1. The summed E-state index contributed by atoms with van der Waals surface area (Å²) in [6, 6.07) is 21.1. The second-order valence-electron chi connectivity index (χ2n) is 7.78. The zero-order chi connectivity index (χ0) is 24.6. The van der Waals surface area contributed by atoms with Crippen molar-refractivity contribution >= 4 is 28.3 Å². The van der Waals surface area contributed by atoms with Gasteiger partial charge in [0, 0.05) is 25.3 Å². The molecule has 1 heterocycles. The molecular weight excluding hydrogens is 448 g/mol. The smallest absolute Gasteiger partial charge is 0.337 e. The highest BCUT2D eigenvalue weighted by Crippen LogP contribution is 2.27. The summed E-state index contributed by atoms with van der Waals surface area (Å²) in [5.74, 6) is 0.295. The van der Waals surface area contributed by atoms with Gasteiger partial charge in [-0.3, -0.25) is 4.79 Å². The number of hydrogen-bond donors (Lipinski definition) is 3. The second-order valence-corrected chi connectivity index (χ2v) is 7.78. The minimum Gasteiger partial charge on any atom is -0.493 e. The number of fused-ring (bicyclic) bond motifs is 1. The highest BCUT2D eigenvalue weighted by Gasteiger charge is 2.12. The summed E-state index contributed by atoms with van der Waals surface area (Å²) in [6.45, 7) is 0.556. The van der Waals surface area contributed by atoms with Crippen LogP contribution in [0.25, 0.3) is 10.8 Å². The highest BCUT2D eigenvalue weighted by molar-refractivity contribution is 6.01. The number of aromatic carboxylic acids is 1. The van der Waals surface area contributed by atoms with E-state index in [1.54, 1.807) is 36.5 Å². The molecule has 35 heavy (non-hydrogen) atoms. The number of rotatable bonds is 10. The van der Waals surface area contributed by atoms with E-state index < -0.39 is 5.97 Å². The number of carbonyl (C=O) groups excluding carboxylic acids is 1. The zero-order valence-electron chi connectivity index (χ0n) is 18.8. The lowest BCUT2D eigenvalue weighted by Crippen LogP contribution is -2.16. The number of carboxylic acids is 1. The molecule has 1 aromatic heterocycles. The Morgan fingerprint density at radius 3 is 2.37 bits per heavy atom. The number of aliphatic hydroxyl groups excluding tert-OH is 1. The van der Waals surface area contributed by atoms with Gasteiger partial charge in [0.2, 0.25) is 11.8 Å². The van der Waals surface area contributed by atoms with Crippen LogP contribution < -0.4 is 14.8 Å². The summed E-state index contributed by atoms with van der Waals surface area (Å²) < 4.78 is 11.5. The first kappa shape index (κ1) is 23.7. The number of aliphatic hydroxyl groups is 1. The van der Waals surface area contributed by atoms with Crippen LogP contribution in [0, 0.1) is 0 Å². The number of benzene rings is 3. The third-order valence-electron chi connectivity index (χ3n) is 5.17. The van der Waals surface area contributed by atoms with E-state index in [2.05, 4.69) is 10.3 Å². The van der Waals surface area contributed by atoms with Gasteiger partial charge in [-0.2, -0.15) is 0 Å². The Morgan fingerprint density at radius 1 is 0.914 bits per heavy atom. The molecule has 0 atom stereocenters. The summed E-state index contributed by atoms with van der Waals surface area (Å²) in [6.07, 6.45) is 2.18. The molecule has 0 spiro atoms. The predicted octanol–water partition coefficient (Wildman–Crippen LogP) is 4.67. The van der Waals surface area contributed by atoms with Gasteiger partial charge in [0.1, 0.15) is 11.5 Å². The first-order valence-corrected chi connectivity index (χ1v) is 11.0. The van der Waals surface area contributed by atoms with Crippen molar-refractivity contribution in [3.8, 4) is 17.4 Å². The molecule has 8 nitrogen and oxygen atoms in total.